The van der Waals surface area contributed by atoms with Gasteiger partial charge in [0.2, 0.25) is 5.95 Å². The summed E-state index contributed by atoms with van der Waals surface area (Å²) in [5.41, 5.74) is 3.38. The minimum Gasteiger partial charge on any atom is -0.497 e. The molecule has 1 N–H and O–H groups in total. The Labute approximate surface area is 191 Å². The number of carbonyl (C=O) groups excluding carboxylic acids is 1. The lowest BCUT2D eigenvalue weighted by Crippen LogP contribution is -2.29. The van der Waals surface area contributed by atoms with Crippen LogP contribution in [0.15, 0.2) is 47.7 Å². The van der Waals surface area contributed by atoms with Crippen LogP contribution in [0.1, 0.15) is 18.5 Å². The molecule has 2 heterocycles. The fraction of sp³-hybridized carbons (Fsp3) is 0.333. The number of nitrogens with zero attached hydrogens (tertiary/aromatic N) is 2. The maximum Gasteiger partial charge on any atom is 0.338 e. The van der Waals surface area contributed by atoms with Crippen LogP contribution in [0, 0.1) is 0 Å². The molecular weight excluding hydrogens is 426 g/mol. The van der Waals surface area contributed by atoms with Crippen LogP contribution in [0.5, 0.6) is 17.2 Å². The first kappa shape index (κ1) is 22.5. The van der Waals surface area contributed by atoms with E-state index in [1.54, 1.807) is 34.5 Å². The Morgan fingerprint density at radius 2 is 1.85 bits per heavy atom. The first-order valence-electron chi connectivity index (χ1n) is 10.4. The maximum absolute atomic E-state index is 13.3. The minimum absolute atomic E-state index is 0.134. The number of aromatic nitrogens is 2. The summed E-state index contributed by atoms with van der Waals surface area (Å²) in [5.74, 6) is 1.69. The molecule has 1 aliphatic rings. The Kier molecular flexibility index (Phi) is 6.41. The Bertz CT molecular complexity index is 1220. The van der Waals surface area contributed by atoms with Gasteiger partial charge in [0.1, 0.15) is 18.4 Å². The molecule has 9 nitrogen and oxygen atoms in total. The average Bonchev–Trinajstić information content (AvgIpc) is 3.20. The number of hydrogen-bond acceptors (Lipinski definition) is 8. The van der Waals surface area contributed by atoms with Gasteiger partial charge < -0.3 is 29.0 Å². The van der Waals surface area contributed by atoms with E-state index < -0.39 is 12.0 Å². The fourth-order valence-corrected chi connectivity index (χ4v) is 4.11. The lowest BCUT2D eigenvalue weighted by molar-refractivity contribution is -0.140. The largest absolute Gasteiger partial charge is 0.497 e. The van der Waals surface area contributed by atoms with E-state index in [0.717, 1.165) is 11.0 Å². The zero-order chi connectivity index (χ0) is 23.5. The molecule has 1 aliphatic heterocycles. The second-order valence-electron chi connectivity index (χ2n) is 7.44. The molecule has 0 radical (unpaired) electrons. The predicted molar refractivity (Wildman–Crippen MR) is 123 cm³/mol. The molecule has 3 aromatic rings. The van der Waals surface area contributed by atoms with Crippen molar-refractivity contribution < 1.29 is 28.5 Å². The third-order valence-electron chi connectivity index (χ3n) is 5.58. The lowest BCUT2D eigenvalue weighted by atomic mass is 9.93. The standard InChI is InChI=1S/C24H27N3O6/c1-14-20(23(28)33-11-10-29-2)21(16-12-15(30-3)13-19(31-4)22(16)32-5)27-18-9-7-6-8-17(18)26-24(27)25-14/h6-9,12-13,21H,10-11H2,1-5H3,(H,25,26)/t21-/m0/s1. The summed E-state index contributed by atoms with van der Waals surface area (Å²) >= 11 is 0. The molecule has 0 saturated heterocycles. The first-order valence-corrected chi connectivity index (χ1v) is 10.4. The van der Waals surface area contributed by atoms with Crippen LogP contribution in [0.4, 0.5) is 5.95 Å². The van der Waals surface area contributed by atoms with E-state index in [-0.39, 0.29) is 6.61 Å². The molecule has 0 saturated carbocycles. The number of carbonyl (C=O) groups is 1. The summed E-state index contributed by atoms with van der Waals surface area (Å²) in [6, 6.07) is 10.7. The number of imidazole rings is 1. The summed E-state index contributed by atoms with van der Waals surface area (Å²) in [6.45, 7) is 2.26. The van der Waals surface area contributed by atoms with Gasteiger partial charge in [-0.1, -0.05) is 12.1 Å². The highest BCUT2D eigenvalue weighted by Crippen LogP contribution is 2.46. The summed E-state index contributed by atoms with van der Waals surface area (Å²) < 4.78 is 29.4. The molecule has 33 heavy (non-hydrogen) atoms. The van der Waals surface area contributed by atoms with Crippen molar-refractivity contribution in [2.24, 2.45) is 0 Å². The summed E-state index contributed by atoms with van der Waals surface area (Å²) in [5, 5.41) is 3.26. The van der Waals surface area contributed by atoms with Crippen molar-refractivity contribution in [3.63, 3.8) is 0 Å². The monoisotopic (exact) mass is 453 g/mol. The smallest absolute Gasteiger partial charge is 0.338 e. The third kappa shape index (κ3) is 3.95. The Hall–Kier alpha value is -3.72. The number of nitrogens with one attached hydrogen (secondary N) is 1. The molecule has 0 unspecified atom stereocenters. The van der Waals surface area contributed by atoms with Gasteiger partial charge >= 0.3 is 5.97 Å². The molecule has 0 bridgehead atoms. The molecule has 9 heteroatoms. The zero-order valence-electron chi connectivity index (χ0n) is 19.3. The second-order valence-corrected chi connectivity index (χ2v) is 7.44. The van der Waals surface area contributed by atoms with Crippen LogP contribution in [-0.2, 0) is 14.3 Å². The normalized spacial score (nSPS) is 15.1. The van der Waals surface area contributed by atoms with Crippen molar-refractivity contribution in [1.82, 2.24) is 9.55 Å². The predicted octanol–water partition coefficient (Wildman–Crippen LogP) is 3.54. The SMILES string of the molecule is COCCOC(=O)C1=C(C)Nc2nc3ccccc3n2[C@H]1c1cc(OC)cc(OC)c1OC. The molecule has 1 atom stereocenters. The number of anilines is 1. The summed E-state index contributed by atoms with van der Waals surface area (Å²) in [6.07, 6.45) is 0. The van der Waals surface area contributed by atoms with Gasteiger partial charge in [0.25, 0.3) is 0 Å². The number of ether oxygens (including phenoxy) is 5. The summed E-state index contributed by atoms with van der Waals surface area (Å²) in [7, 11) is 6.25. The molecule has 0 amide bonds. The molecule has 0 fully saturated rings. The van der Waals surface area contributed by atoms with Crippen LogP contribution < -0.4 is 19.5 Å². The quantitative estimate of drug-likeness (QED) is 0.409. The van der Waals surface area contributed by atoms with Crippen molar-refractivity contribution in [3.8, 4) is 17.2 Å². The van der Waals surface area contributed by atoms with Crippen molar-refractivity contribution >= 4 is 23.0 Å². The number of fused-ring (bicyclic) bond motifs is 3. The molecule has 1 aromatic heterocycles. The van der Waals surface area contributed by atoms with Crippen molar-refractivity contribution in [2.75, 3.05) is 47.0 Å². The number of benzene rings is 2. The van der Waals surface area contributed by atoms with Crippen molar-refractivity contribution in [1.29, 1.82) is 0 Å². The number of rotatable bonds is 8. The average molecular weight is 453 g/mol. The highest BCUT2D eigenvalue weighted by Gasteiger charge is 2.37. The van der Waals surface area contributed by atoms with Gasteiger partial charge in [-0.05, 0) is 25.1 Å². The van der Waals surface area contributed by atoms with Crippen LogP contribution in [-0.4, -0.2) is 57.2 Å². The zero-order valence-corrected chi connectivity index (χ0v) is 19.3. The fourth-order valence-electron chi connectivity index (χ4n) is 4.11. The molecule has 174 valence electrons. The molecular formula is C24H27N3O6. The van der Waals surface area contributed by atoms with Crippen LogP contribution in [0.25, 0.3) is 11.0 Å². The van der Waals surface area contributed by atoms with E-state index in [1.807, 2.05) is 41.8 Å². The maximum atomic E-state index is 13.3. The third-order valence-corrected chi connectivity index (χ3v) is 5.58. The van der Waals surface area contributed by atoms with Gasteiger partial charge in [0, 0.05) is 24.4 Å². The van der Waals surface area contributed by atoms with E-state index >= 15 is 0 Å². The Morgan fingerprint density at radius 3 is 2.55 bits per heavy atom. The van der Waals surface area contributed by atoms with Crippen molar-refractivity contribution in [2.45, 2.75) is 13.0 Å². The van der Waals surface area contributed by atoms with Crippen LogP contribution >= 0.6 is 0 Å². The lowest BCUT2D eigenvalue weighted by Gasteiger charge is -2.31. The number of hydrogen-bond donors (Lipinski definition) is 1. The van der Waals surface area contributed by atoms with Crippen molar-refractivity contribution in [3.05, 3.63) is 53.2 Å². The van der Waals surface area contributed by atoms with Crippen LogP contribution in [0.2, 0.25) is 0 Å². The van der Waals surface area contributed by atoms with Crippen LogP contribution in [0.3, 0.4) is 0 Å². The minimum atomic E-state index is -0.609. The van der Waals surface area contributed by atoms with Gasteiger partial charge in [-0.25, -0.2) is 9.78 Å². The van der Waals surface area contributed by atoms with E-state index in [2.05, 4.69) is 5.32 Å². The number of methoxy groups -OCH3 is 4. The molecule has 0 aliphatic carbocycles. The van der Waals surface area contributed by atoms with Gasteiger partial charge in [0.05, 0.1) is 44.5 Å². The van der Waals surface area contributed by atoms with E-state index in [4.69, 9.17) is 28.7 Å². The Morgan fingerprint density at radius 1 is 1.06 bits per heavy atom. The van der Waals surface area contributed by atoms with E-state index in [1.165, 1.54) is 0 Å². The molecule has 2 aromatic carbocycles. The first-order chi connectivity index (χ1) is 16.0. The summed E-state index contributed by atoms with van der Waals surface area (Å²) in [4.78, 5) is 18.1. The highest BCUT2D eigenvalue weighted by atomic mass is 16.6. The number of esters is 1. The van der Waals surface area contributed by atoms with Gasteiger partial charge in [-0.2, -0.15) is 0 Å². The number of allylic oxidation sites excluding steroid dienone is 1. The molecule has 0 spiro atoms. The topological polar surface area (TPSA) is 93.1 Å². The Balaban J connectivity index is 1.99. The van der Waals surface area contributed by atoms with E-state index in [9.17, 15) is 4.79 Å². The highest BCUT2D eigenvalue weighted by molar-refractivity contribution is 5.94. The van der Waals surface area contributed by atoms with Gasteiger partial charge in [0.15, 0.2) is 11.5 Å². The van der Waals surface area contributed by atoms with Gasteiger partial charge in [-0.3, -0.25) is 4.57 Å². The molecule has 4 rings (SSSR count). The second kappa shape index (κ2) is 9.41. The van der Waals surface area contributed by atoms with Gasteiger partial charge in [-0.15, -0.1) is 0 Å². The number of para-hydroxylation sites is 2. The van der Waals surface area contributed by atoms with E-state index in [0.29, 0.717) is 46.6 Å².